The molecule has 0 radical (unpaired) electrons. The van der Waals surface area contributed by atoms with Crippen LogP contribution in [0.25, 0.3) is 0 Å². The fourth-order valence-corrected chi connectivity index (χ4v) is 0.823. The topological polar surface area (TPSA) is 61.0 Å². The zero-order chi connectivity index (χ0) is 8.27. The van der Waals surface area contributed by atoms with E-state index in [0.29, 0.717) is 0 Å². The molecule has 0 fully saturated rings. The minimum absolute atomic E-state index is 0.0848. The summed E-state index contributed by atoms with van der Waals surface area (Å²) in [5, 5.41) is 10.1. The Morgan fingerprint density at radius 3 is 3.00 bits per heavy atom. The highest BCUT2D eigenvalue weighted by Crippen LogP contribution is 2.05. The molecule has 0 bridgehead atoms. The lowest BCUT2D eigenvalue weighted by atomic mass is 10.5. The minimum Gasteiger partial charge on any atom is -0.358 e. The number of hydrogen-bond donors (Lipinski definition) is 0. The third-order valence-corrected chi connectivity index (χ3v) is 1.29. The van der Waals surface area contributed by atoms with Crippen LogP contribution in [-0.4, -0.2) is 14.5 Å². The van der Waals surface area contributed by atoms with Gasteiger partial charge in [0.15, 0.2) is 0 Å². The van der Waals surface area contributed by atoms with Gasteiger partial charge in [-0.3, -0.25) is 0 Å². The summed E-state index contributed by atoms with van der Waals surface area (Å²) in [6, 6.07) is 0. The van der Waals surface area contributed by atoms with E-state index in [9.17, 15) is 10.1 Å². The molecular weight excluding hydrogens is 146 g/mol. The van der Waals surface area contributed by atoms with Crippen LogP contribution in [-0.2, 0) is 6.54 Å². The maximum atomic E-state index is 10.1. The van der Waals surface area contributed by atoms with Gasteiger partial charge < -0.3 is 14.7 Å². The molecule has 0 saturated carbocycles. The van der Waals surface area contributed by atoms with Crippen molar-refractivity contribution in [3.8, 4) is 0 Å². The van der Waals surface area contributed by atoms with Crippen molar-refractivity contribution in [1.82, 2.24) is 9.55 Å². The first kappa shape index (κ1) is 7.71. The number of aryl methyl sites for hydroxylation is 1. The second kappa shape index (κ2) is 3.14. The van der Waals surface area contributed by atoms with E-state index in [0.717, 1.165) is 13.0 Å². The van der Waals surface area contributed by atoms with E-state index >= 15 is 0 Å². The Hall–Kier alpha value is -1.39. The normalized spacial score (nSPS) is 9.91. The summed E-state index contributed by atoms with van der Waals surface area (Å²) < 4.78 is 1.71. The molecule has 1 heterocycles. The molecule has 0 saturated heterocycles. The van der Waals surface area contributed by atoms with Crippen molar-refractivity contribution < 1.29 is 4.92 Å². The molecule has 11 heavy (non-hydrogen) atoms. The number of aromatic nitrogens is 2. The van der Waals surface area contributed by atoms with Gasteiger partial charge in [-0.2, -0.15) is 0 Å². The predicted molar refractivity (Wildman–Crippen MR) is 39.2 cm³/mol. The number of nitro groups is 1. The van der Waals surface area contributed by atoms with E-state index in [1.807, 2.05) is 6.92 Å². The van der Waals surface area contributed by atoms with Crippen molar-refractivity contribution in [3.05, 3.63) is 22.6 Å². The Labute approximate surface area is 63.8 Å². The first-order valence-electron chi connectivity index (χ1n) is 3.40. The van der Waals surface area contributed by atoms with E-state index in [1.165, 1.54) is 12.5 Å². The molecule has 60 valence electrons. The van der Waals surface area contributed by atoms with Gasteiger partial charge in [-0.25, -0.2) is 0 Å². The highest BCUT2D eigenvalue weighted by atomic mass is 16.6. The molecule has 1 aromatic heterocycles. The number of nitrogens with zero attached hydrogens (tertiary/aromatic N) is 3. The summed E-state index contributed by atoms with van der Waals surface area (Å²) in [4.78, 5) is 13.3. The average Bonchev–Trinajstić information content (AvgIpc) is 2.37. The number of imidazole rings is 1. The van der Waals surface area contributed by atoms with Gasteiger partial charge in [-0.1, -0.05) is 6.92 Å². The molecule has 0 N–H and O–H groups in total. The van der Waals surface area contributed by atoms with Gasteiger partial charge in [0.2, 0.25) is 6.33 Å². The summed E-state index contributed by atoms with van der Waals surface area (Å²) in [5.41, 5.74) is 0. The second-order valence-electron chi connectivity index (χ2n) is 2.23. The third kappa shape index (κ3) is 1.76. The largest absolute Gasteiger partial charge is 0.381 e. The minimum atomic E-state index is -0.494. The maximum Gasteiger partial charge on any atom is 0.381 e. The Bertz CT molecular complexity index is 256. The molecule has 0 unspecified atom stereocenters. The van der Waals surface area contributed by atoms with Crippen molar-refractivity contribution in [2.75, 3.05) is 0 Å². The molecule has 5 nitrogen and oxygen atoms in total. The summed E-state index contributed by atoms with van der Waals surface area (Å²) in [6.45, 7) is 2.78. The molecule has 0 spiro atoms. The second-order valence-corrected chi connectivity index (χ2v) is 2.23. The van der Waals surface area contributed by atoms with Crippen LogP contribution in [0.5, 0.6) is 0 Å². The summed E-state index contributed by atoms with van der Waals surface area (Å²) in [5.74, 6) is -0.0848. The van der Waals surface area contributed by atoms with Gasteiger partial charge >= 0.3 is 5.82 Å². The van der Waals surface area contributed by atoms with Crippen LogP contribution < -0.4 is 0 Å². The van der Waals surface area contributed by atoms with Crippen LogP contribution in [0.2, 0.25) is 0 Å². The quantitative estimate of drug-likeness (QED) is 0.486. The first-order chi connectivity index (χ1) is 5.24. The van der Waals surface area contributed by atoms with Crippen LogP contribution in [0, 0.1) is 10.1 Å². The maximum absolute atomic E-state index is 10.1. The van der Waals surface area contributed by atoms with E-state index in [4.69, 9.17) is 0 Å². The SMILES string of the molecule is CCCn1cnc([N+](=O)[O-])c1. The number of hydrogen-bond acceptors (Lipinski definition) is 3. The van der Waals surface area contributed by atoms with Crippen LogP contribution >= 0.6 is 0 Å². The lowest BCUT2D eigenvalue weighted by molar-refractivity contribution is -0.389. The lowest BCUT2D eigenvalue weighted by Gasteiger charge is -1.91. The Morgan fingerprint density at radius 1 is 1.82 bits per heavy atom. The summed E-state index contributed by atoms with van der Waals surface area (Å²) in [6.07, 6.45) is 3.86. The Kier molecular flexibility index (Phi) is 2.20. The van der Waals surface area contributed by atoms with Gasteiger partial charge in [-0.15, -0.1) is 0 Å². The molecular formula is C6H9N3O2. The third-order valence-electron chi connectivity index (χ3n) is 1.29. The van der Waals surface area contributed by atoms with Crippen LogP contribution in [0.4, 0.5) is 5.82 Å². The van der Waals surface area contributed by atoms with E-state index in [2.05, 4.69) is 4.98 Å². The summed E-state index contributed by atoms with van der Waals surface area (Å²) >= 11 is 0. The van der Waals surface area contributed by atoms with Crippen molar-refractivity contribution in [3.63, 3.8) is 0 Å². The number of rotatable bonds is 3. The zero-order valence-electron chi connectivity index (χ0n) is 6.23. The van der Waals surface area contributed by atoms with Crippen LogP contribution in [0.1, 0.15) is 13.3 Å². The first-order valence-corrected chi connectivity index (χ1v) is 3.40. The van der Waals surface area contributed by atoms with Crippen molar-refractivity contribution >= 4 is 5.82 Å². The van der Waals surface area contributed by atoms with Crippen molar-refractivity contribution in [2.45, 2.75) is 19.9 Å². The highest BCUT2D eigenvalue weighted by Gasteiger charge is 2.07. The van der Waals surface area contributed by atoms with Gasteiger partial charge in [-0.05, 0) is 16.3 Å². The molecule has 0 aliphatic rings. The Balaban J connectivity index is 2.73. The standard InChI is InChI=1S/C6H9N3O2/c1-2-3-8-4-6(7-5-8)9(10)11/h4-5H,2-3H2,1H3. The Morgan fingerprint density at radius 2 is 2.55 bits per heavy atom. The molecule has 0 aliphatic carbocycles. The van der Waals surface area contributed by atoms with Crippen LogP contribution in [0.3, 0.4) is 0 Å². The zero-order valence-corrected chi connectivity index (χ0v) is 6.23. The molecule has 5 heteroatoms. The van der Waals surface area contributed by atoms with Gasteiger partial charge in [0.25, 0.3) is 0 Å². The van der Waals surface area contributed by atoms with Gasteiger partial charge in [0.1, 0.15) is 6.20 Å². The molecule has 0 amide bonds. The van der Waals surface area contributed by atoms with Crippen molar-refractivity contribution in [1.29, 1.82) is 0 Å². The van der Waals surface area contributed by atoms with E-state index in [1.54, 1.807) is 4.57 Å². The van der Waals surface area contributed by atoms with E-state index in [-0.39, 0.29) is 5.82 Å². The molecule has 0 aliphatic heterocycles. The monoisotopic (exact) mass is 155 g/mol. The smallest absolute Gasteiger partial charge is 0.358 e. The van der Waals surface area contributed by atoms with Crippen molar-refractivity contribution in [2.24, 2.45) is 0 Å². The highest BCUT2D eigenvalue weighted by molar-refractivity contribution is 5.12. The molecule has 0 atom stereocenters. The van der Waals surface area contributed by atoms with Gasteiger partial charge in [0, 0.05) is 6.54 Å². The average molecular weight is 155 g/mol. The fraction of sp³-hybridized carbons (Fsp3) is 0.500. The van der Waals surface area contributed by atoms with Gasteiger partial charge in [0.05, 0.1) is 0 Å². The molecule has 1 aromatic rings. The summed E-state index contributed by atoms with van der Waals surface area (Å²) in [7, 11) is 0. The predicted octanol–water partition coefficient (Wildman–Crippen LogP) is 1.20. The fourth-order valence-electron chi connectivity index (χ4n) is 0.823. The van der Waals surface area contributed by atoms with Crippen LogP contribution in [0.15, 0.2) is 12.5 Å². The van der Waals surface area contributed by atoms with E-state index < -0.39 is 4.92 Å². The molecule has 1 rings (SSSR count). The lowest BCUT2D eigenvalue weighted by Crippen LogP contribution is -1.91. The molecule has 0 aromatic carbocycles.